The summed E-state index contributed by atoms with van der Waals surface area (Å²) in [6, 6.07) is 16.4. The summed E-state index contributed by atoms with van der Waals surface area (Å²) in [5.41, 5.74) is 1.17. The van der Waals surface area contributed by atoms with Crippen LogP contribution in [0, 0.1) is 6.92 Å². The summed E-state index contributed by atoms with van der Waals surface area (Å²) in [4.78, 5) is 0.299. The van der Waals surface area contributed by atoms with E-state index in [-0.39, 0.29) is 5.75 Å². The topological polar surface area (TPSA) is 74.1 Å². The molecule has 0 bridgehead atoms. The Morgan fingerprint density at radius 2 is 1.86 bits per heavy atom. The maximum absolute atomic E-state index is 12.6. The minimum atomic E-state index is -3.45. The van der Waals surface area contributed by atoms with Crippen molar-refractivity contribution < 1.29 is 13.2 Å². The van der Waals surface area contributed by atoms with Crippen LogP contribution in [0.5, 0.6) is 5.75 Å². The number of aromatic nitrogens is 3. The zero-order chi connectivity index (χ0) is 20.7. The molecule has 1 heterocycles. The molecule has 0 unspecified atom stereocenters. The Balaban J connectivity index is 1.55. The monoisotopic (exact) mass is 431 g/mol. The van der Waals surface area contributed by atoms with Crippen LogP contribution in [0.15, 0.2) is 64.6 Å². The predicted octanol–water partition coefficient (Wildman–Crippen LogP) is 4.14. The SMILES string of the molecule is CCn1c(CS(=O)(=O)c2ccccc2)nnc1SCCCOc1cccc(C)c1. The van der Waals surface area contributed by atoms with Crippen molar-refractivity contribution in [2.45, 2.75) is 42.6 Å². The van der Waals surface area contributed by atoms with Gasteiger partial charge in [-0.1, -0.05) is 42.1 Å². The minimum absolute atomic E-state index is 0.158. The standard InChI is InChI=1S/C21H25N3O3S2/c1-3-24-20(16-29(25,26)19-11-5-4-6-12-19)22-23-21(24)28-14-8-13-27-18-10-7-9-17(2)15-18/h4-7,9-12,15H,3,8,13-14,16H2,1-2H3. The molecule has 6 nitrogen and oxygen atoms in total. The smallest absolute Gasteiger partial charge is 0.191 e. The summed E-state index contributed by atoms with van der Waals surface area (Å²) >= 11 is 1.57. The van der Waals surface area contributed by atoms with E-state index in [0.29, 0.717) is 23.9 Å². The van der Waals surface area contributed by atoms with Gasteiger partial charge in [0.15, 0.2) is 15.0 Å². The first-order valence-electron chi connectivity index (χ1n) is 9.52. The molecule has 1 aromatic heterocycles. The summed E-state index contributed by atoms with van der Waals surface area (Å²) < 4.78 is 32.9. The van der Waals surface area contributed by atoms with Gasteiger partial charge in [-0.25, -0.2) is 8.42 Å². The number of hydrogen-bond donors (Lipinski definition) is 0. The number of rotatable bonds is 10. The van der Waals surface area contributed by atoms with E-state index in [0.717, 1.165) is 23.1 Å². The average molecular weight is 432 g/mol. The van der Waals surface area contributed by atoms with E-state index in [2.05, 4.69) is 10.2 Å². The lowest BCUT2D eigenvalue weighted by atomic mass is 10.2. The highest BCUT2D eigenvalue weighted by Crippen LogP contribution is 2.21. The highest BCUT2D eigenvalue weighted by Gasteiger charge is 2.20. The van der Waals surface area contributed by atoms with Gasteiger partial charge in [0.1, 0.15) is 17.3 Å². The Morgan fingerprint density at radius 1 is 1.07 bits per heavy atom. The molecular formula is C21H25N3O3S2. The second-order valence-corrected chi connectivity index (χ2v) is 9.63. The highest BCUT2D eigenvalue weighted by molar-refractivity contribution is 7.99. The Hall–Kier alpha value is -2.32. The molecule has 0 aliphatic carbocycles. The Morgan fingerprint density at radius 3 is 2.59 bits per heavy atom. The lowest BCUT2D eigenvalue weighted by Gasteiger charge is -2.09. The van der Waals surface area contributed by atoms with Crippen molar-refractivity contribution in [2.75, 3.05) is 12.4 Å². The molecule has 8 heteroatoms. The molecule has 29 heavy (non-hydrogen) atoms. The molecule has 0 saturated carbocycles. The zero-order valence-corrected chi connectivity index (χ0v) is 18.2. The van der Waals surface area contributed by atoms with Crippen LogP contribution in [0.4, 0.5) is 0 Å². The summed E-state index contributed by atoms with van der Waals surface area (Å²) in [7, 11) is -3.45. The van der Waals surface area contributed by atoms with Crippen LogP contribution >= 0.6 is 11.8 Å². The van der Waals surface area contributed by atoms with Crippen LogP contribution in [0.3, 0.4) is 0 Å². The fraction of sp³-hybridized carbons (Fsp3) is 0.333. The minimum Gasteiger partial charge on any atom is -0.494 e. The lowest BCUT2D eigenvalue weighted by Crippen LogP contribution is -2.11. The van der Waals surface area contributed by atoms with Gasteiger partial charge in [0.05, 0.1) is 11.5 Å². The van der Waals surface area contributed by atoms with Gasteiger partial charge in [0.2, 0.25) is 0 Å². The van der Waals surface area contributed by atoms with Crippen molar-refractivity contribution in [2.24, 2.45) is 0 Å². The predicted molar refractivity (Wildman–Crippen MR) is 115 cm³/mol. The van der Waals surface area contributed by atoms with Crippen molar-refractivity contribution >= 4 is 21.6 Å². The third kappa shape index (κ3) is 5.83. The van der Waals surface area contributed by atoms with E-state index in [1.165, 1.54) is 5.56 Å². The molecule has 0 spiro atoms. The van der Waals surface area contributed by atoms with Gasteiger partial charge in [-0.15, -0.1) is 10.2 Å². The van der Waals surface area contributed by atoms with Gasteiger partial charge >= 0.3 is 0 Å². The van der Waals surface area contributed by atoms with Gasteiger partial charge < -0.3 is 9.30 Å². The lowest BCUT2D eigenvalue weighted by molar-refractivity contribution is 0.318. The van der Waals surface area contributed by atoms with Crippen LogP contribution in [0.2, 0.25) is 0 Å². The van der Waals surface area contributed by atoms with E-state index in [9.17, 15) is 8.42 Å². The molecule has 0 atom stereocenters. The maximum Gasteiger partial charge on any atom is 0.191 e. The van der Waals surface area contributed by atoms with Crippen molar-refractivity contribution in [3.63, 3.8) is 0 Å². The number of thioether (sulfide) groups is 1. The number of sulfone groups is 1. The number of nitrogens with zero attached hydrogens (tertiary/aromatic N) is 3. The van der Waals surface area contributed by atoms with Crippen LogP contribution in [-0.2, 0) is 22.1 Å². The van der Waals surface area contributed by atoms with Crippen molar-refractivity contribution in [1.82, 2.24) is 14.8 Å². The zero-order valence-electron chi connectivity index (χ0n) is 16.6. The summed E-state index contributed by atoms with van der Waals surface area (Å²) in [5.74, 6) is 2.00. The van der Waals surface area contributed by atoms with Crippen molar-refractivity contribution in [3.05, 3.63) is 66.0 Å². The summed E-state index contributed by atoms with van der Waals surface area (Å²) in [6.45, 7) is 5.24. The third-order valence-corrected chi connectivity index (χ3v) is 6.99. The fourth-order valence-corrected chi connectivity index (χ4v) is 5.07. The second-order valence-electron chi connectivity index (χ2n) is 6.58. The van der Waals surface area contributed by atoms with Gasteiger partial charge in [0.25, 0.3) is 0 Å². The first-order valence-corrected chi connectivity index (χ1v) is 12.2. The Bertz CT molecular complexity index is 1030. The maximum atomic E-state index is 12.6. The molecule has 0 aliphatic rings. The largest absolute Gasteiger partial charge is 0.494 e. The molecule has 0 aliphatic heterocycles. The van der Waals surface area contributed by atoms with Gasteiger partial charge in [-0.2, -0.15) is 0 Å². The molecule has 0 N–H and O–H groups in total. The molecule has 0 radical (unpaired) electrons. The van der Waals surface area contributed by atoms with E-state index in [1.807, 2.05) is 42.7 Å². The molecule has 0 saturated heterocycles. The van der Waals surface area contributed by atoms with Crippen molar-refractivity contribution in [1.29, 1.82) is 0 Å². The van der Waals surface area contributed by atoms with Crippen LogP contribution in [0.25, 0.3) is 0 Å². The third-order valence-electron chi connectivity index (χ3n) is 4.31. The van der Waals surface area contributed by atoms with Crippen LogP contribution in [0.1, 0.15) is 24.7 Å². The van der Waals surface area contributed by atoms with E-state index in [1.54, 1.807) is 42.1 Å². The Kier molecular flexibility index (Phi) is 7.33. The van der Waals surface area contributed by atoms with Crippen LogP contribution < -0.4 is 4.74 Å². The molecule has 0 amide bonds. The number of aryl methyl sites for hydroxylation is 1. The highest BCUT2D eigenvalue weighted by atomic mass is 32.2. The summed E-state index contributed by atoms with van der Waals surface area (Å²) in [5, 5.41) is 9.08. The first-order chi connectivity index (χ1) is 14.0. The van der Waals surface area contributed by atoms with Crippen LogP contribution in [-0.4, -0.2) is 35.5 Å². The summed E-state index contributed by atoms with van der Waals surface area (Å²) in [6.07, 6.45) is 0.854. The fourth-order valence-electron chi connectivity index (χ4n) is 2.85. The number of ether oxygens (including phenoxy) is 1. The normalized spacial score (nSPS) is 11.5. The molecule has 154 valence electrons. The van der Waals surface area contributed by atoms with Gasteiger partial charge in [0, 0.05) is 12.3 Å². The van der Waals surface area contributed by atoms with Gasteiger partial charge in [-0.05, 0) is 50.1 Å². The average Bonchev–Trinajstić information content (AvgIpc) is 3.09. The van der Waals surface area contributed by atoms with E-state index >= 15 is 0 Å². The molecule has 3 aromatic rings. The first kappa shape index (κ1) is 21.4. The molecule has 2 aromatic carbocycles. The molecule has 3 rings (SSSR count). The van der Waals surface area contributed by atoms with E-state index < -0.39 is 9.84 Å². The van der Waals surface area contributed by atoms with E-state index in [4.69, 9.17) is 4.74 Å². The van der Waals surface area contributed by atoms with Crippen molar-refractivity contribution in [3.8, 4) is 5.75 Å². The molecular weight excluding hydrogens is 406 g/mol. The second kappa shape index (κ2) is 9.93. The number of benzene rings is 2. The van der Waals surface area contributed by atoms with Gasteiger partial charge in [-0.3, -0.25) is 0 Å². The Labute approximate surface area is 176 Å². The quantitative estimate of drug-likeness (QED) is 0.355. The number of hydrogen-bond acceptors (Lipinski definition) is 6. The molecule has 0 fully saturated rings.